The molecule has 0 spiro atoms. The van der Waals surface area contributed by atoms with Crippen molar-refractivity contribution in [2.24, 2.45) is 0 Å². The van der Waals surface area contributed by atoms with Gasteiger partial charge in [0.1, 0.15) is 0 Å². The van der Waals surface area contributed by atoms with E-state index in [0.717, 1.165) is 12.1 Å². The number of nitrogens with zero attached hydrogens (tertiary/aromatic N) is 4. The van der Waals surface area contributed by atoms with Gasteiger partial charge < -0.3 is 0 Å². The number of rotatable bonds is 8. The van der Waals surface area contributed by atoms with Gasteiger partial charge in [-0.1, -0.05) is 19.3 Å². The molecule has 4 nitrogen and oxygen atoms in total. The van der Waals surface area contributed by atoms with Crippen LogP contribution in [0.4, 0.5) is 0 Å². The predicted octanol–water partition coefficient (Wildman–Crippen LogP) is 2.90. The zero-order valence-corrected chi connectivity index (χ0v) is 16.1. The summed E-state index contributed by atoms with van der Waals surface area (Å²) >= 11 is 0. The Balaban J connectivity index is 1.43. The van der Waals surface area contributed by atoms with Gasteiger partial charge in [-0.05, 0) is 66.7 Å². The van der Waals surface area contributed by atoms with Crippen LogP contribution < -0.4 is 0 Å². The molecule has 0 bridgehead atoms. The maximum absolute atomic E-state index is 2.63. The van der Waals surface area contributed by atoms with Gasteiger partial charge in [-0.3, -0.25) is 19.6 Å². The van der Waals surface area contributed by atoms with Crippen LogP contribution >= 0.6 is 0 Å². The zero-order valence-electron chi connectivity index (χ0n) is 16.1. The third-order valence-electron chi connectivity index (χ3n) is 6.03. The van der Waals surface area contributed by atoms with E-state index in [-0.39, 0.29) is 0 Å². The molecular formula is C19H40N4. The molecule has 0 aromatic carbocycles. The summed E-state index contributed by atoms with van der Waals surface area (Å²) in [6.07, 6.45) is 9.66. The maximum atomic E-state index is 2.63. The average Bonchev–Trinajstić information content (AvgIpc) is 2.53. The van der Waals surface area contributed by atoms with Gasteiger partial charge in [0.05, 0.1) is 13.3 Å². The van der Waals surface area contributed by atoms with Crippen molar-refractivity contribution in [2.45, 2.75) is 70.9 Å². The Morgan fingerprint density at radius 3 is 1.43 bits per heavy atom. The van der Waals surface area contributed by atoms with E-state index >= 15 is 0 Å². The Morgan fingerprint density at radius 2 is 1.04 bits per heavy atom. The molecule has 0 radical (unpaired) electrons. The Labute approximate surface area is 144 Å². The van der Waals surface area contributed by atoms with Gasteiger partial charge in [-0.25, -0.2) is 0 Å². The van der Waals surface area contributed by atoms with Crippen molar-refractivity contribution in [2.75, 3.05) is 53.6 Å². The highest BCUT2D eigenvalue weighted by Crippen LogP contribution is 2.14. The van der Waals surface area contributed by atoms with Crippen molar-refractivity contribution >= 4 is 0 Å². The average molecular weight is 325 g/mol. The summed E-state index contributed by atoms with van der Waals surface area (Å²) in [6.45, 7) is 12.2. The van der Waals surface area contributed by atoms with Crippen LogP contribution in [0.15, 0.2) is 0 Å². The summed E-state index contributed by atoms with van der Waals surface area (Å²) in [4.78, 5) is 10.2. The molecule has 4 heteroatoms. The molecule has 2 aliphatic rings. The molecule has 23 heavy (non-hydrogen) atoms. The molecule has 0 amide bonds. The second-order valence-electron chi connectivity index (χ2n) is 8.08. The smallest absolute Gasteiger partial charge is 0.0505 e. The molecule has 2 fully saturated rings. The fraction of sp³-hybridized carbons (Fsp3) is 1.00. The van der Waals surface area contributed by atoms with E-state index in [1.807, 2.05) is 0 Å². The lowest BCUT2D eigenvalue weighted by Gasteiger charge is -2.38. The van der Waals surface area contributed by atoms with Crippen LogP contribution in [-0.2, 0) is 0 Å². The van der Waals surface area contributed by atoms with E-state index in [0.29, 0.717) is 0 Å². The van der Waals surface area contributed by atoms with Crippen molar-refractivity contribution in [1.82, 2.24) is 19.6 Å². The van der Waals surface area contributed by atoms with Crippen molar-refractivity contribution in [1.29, 1.82) is 0 Å². The largest absolute Gasteiger partial charge is 0.291 e. The first kappa shape index (κ1) is 19.2. The molecule has 2 heterocycles. The fourth-order valence-electron chi connectivity index (χ4n) is 3.80. The normalized spacial score (nSPS) is 29.2. The van der Waals surface area contributed by atoms with Gasteiger partial charge >= 0.3 is 0 Å². The van der Waals surface area contributed by atoms with Gasteiger partial charge in [-0.15, -0.1) is 0 Å². The predicted molar refractivity (Wildman–Crippen MR) is 99.6 cm³/mol. The van der Waals surface area contributed by atoms with E-state index in [1.54, 1.807) is 0 Å². The molecule has 0 N–H and O–H groups in total. The Bertz CT molecular complexity index is 292. The van der Waals surface area contributed by atoms with E-state index in [4.69, 9.17) is 0 Å². The topological polar surface area (TPSA) is 13.0 Å². The lowest BCUT2D eigenvalue weighted by atomic mass is 10.1. The molecule has 0 unspecified atom stereocenters. The zero-order chi connectivity index (χ0) is 16.7. The minimum absolute atomic E-state index is 0.767. The van der Waals surface area contributed by atoms with Crippen LogP contribution in [0.25, 0.3) is 0 Å². The molecule has 2 saturated heterocycles. The SMILES string of the molecule is C[C@@H]1CCN(CCCCCCCN2CC[C@H](C)N(C)C2)CN1C. The minimum atomic E-state index is 0.767. The third-order valence-corrected chi connectivity index (χ3v) is 6.03. The summed E-state index contributed by atoms with van der Waals surface area (Å²) in [7, 11) is 4.52. The lowest BCUT2D eigenvalue weighted by Crippen LogP contribution is -2.47. The first-order chi connectivity index (χ1) is 11.1. The van der Waals surface area contributed by atoms with Crippen LogP contribution in [0.1, 0.15) is 58.8 Å². The van der Waals surface area contributed by atoms with E-state index in [2.05, 4.69) is 47.5 Å². The second-order valence-corrected chi connectivity index (χ2v) is 8.08. The second kappa shape index (κ2) is 9.97. The summed E-state index contributed by atoms with van der Waals surface area (Å²) in [5, 5.41) is 0. The van der Waals surface area contributed by atoms with E-state index in [9.17, 15) is 0 Å². The molecule has 2 rings (SSSR count). The van der Waals surface area contributed by atoms with Gasteiger partial charge in [-0.2, -0.15) is 0 Å². The quantitative estimate of drug-likeness (QED) is 0.637. The number of unbranched alkanes of at least 4 members (excludes halogenated alkanes) is 4. The van der Waals surface area contributed by atoms with E-state index < -0.39 is 0 Å². The Kier molecular flexibility index (Phi) is 8.31. The summed E-state index contributed by atoms with van der Waals surface area (Å²) in [5.41, 5.74) is 0. The molecule has 136 valence electrons. The van der Waals surface area contributed by atoms with Crippen LogP contribution in [0.5, 0.6) is 0 Å². The van der Waals surface area contributed by atoms with Crippen LogP contribution in [0, 0.1) is 0 Å². The van der Waals surface area contributed by atoms with Gasteiger partial charge in [0.25, 0.3) is 0 Å². The summed E-state index contributed by atoms with van der Waals surface area (Å²) in [6, 6.07) is 1.53. The maximum Gasteiger partial charge on any atom is 0.0505 e. The standard InChI is InChI=1S/C19H40N4/c1-18-10-14-22(16-20(18)3)12-8-6-5-7-9-13-23-15-11-19(2)21(4)17-23/h18-19H,5-17H2,1-4H3/t18-,19+. The lowest BCUT2D eigenvalue weighted by molar-refractivity contribution is 0.0651. The first-order valence-corrected chi connectivity index (χ1v) is 9.91. The van der Waals surface area contributed by atoms with E-state index in [1.165, 1.54) is 84.5 Å². The number of hydrogen-bond acceptors (Lipinski definition) is 4. The molecule has 2 atom stereocenters. The molecule has 0 aromatic heterocycles. The minimum Gasteiger partial charge on any atom is -0.291 e. The number of hydrogen-bond donors (Lipinski definition) is 0. The van der Waals surface area contributed by atoms with Gasteiger partial charge in [0, 0.05) is 25.2 Å². The molecular weight excluding hydrogens is 284 g/mol. The molecule has 0 saturated carbocycles. The molecule has 0 aromatic rings. The van der Waals surface area contributed by atoms with Crippen molar-refractivity contribution in [3.8, 4) is 0 Å². The highest BCUT2D eigenvalue weighted by Gasteiger charge is 2.20. The summed E-state index contributed by atoms with van der Waals surface area (Å²) < 4.78 is 0. The first-order valence-electron chi connectivity index (χ1n) is 9.91. The highest BCUT2D eigenvalue weighted by molar-refractivity contribution is 4.74. The van der Waals surface area contributed by atoms with Crippen LogP contribution in [0.3, 0.4) is 0 Å². The van der Waals surface area contributed by atoms with Crippen molar-refractivity contribution in [3.63, 3.8) is 0 Å². The molecule has 0 aliphatic carbocycles. The Morgan fingerprint density at radius 1 is 0.652 bits per heavy atom. The van der Waals surface area contributed by atoms with Crippen molar-refractivity contribution in [3.05, 3.63) is 0 Å². The monoisotopic (exact) mass is 324 g/mol. The summed E-state index contributed by atoms with van der Waals surface area (Å²) in [5.74, 6) is 0. The van der Waals surface area contributed by atoms with Gasteiger partial charge in [0.15, 0.2) is 0 Å². The highest BCUT2D eigenvalue weighted by atomic mass is 15.3. The Hall–Kier alpha value is -0.160. The van der Waals surface area contributed by atoms with Crippen LogP contribution in [-0.4, -0.2) is 85.3 Å². The third kappa shape index (κ3) is 6.69. The van der Waals surface area contributed by atoms with Crippen LogP contribution in [0.2, 0.25) is 0 Å². The van der Waals surface area contributed by atoms with Gasteiger partial charge in [0.2, 0.25) is 0 Å². The fourth-order valence-corrected chi connectivity index (χ4v) is 3.80. The van der Waals surface area contributed by atoms with Crippen molar-refractivity contribution < 1.29 is 0 Å². The molecule has 2 aliphatic heterocycles.